The van der Waals surface area contributed by atoms with Crippen molar-refractivity contribution in [1.82, 2.24) is 0 Å². The van der Waals surface area contributed by atoms with Gasteiger partial charge in [-0.2, -0.15) is 0 Å². The summed E-state index contributed by atoms with van der Waals surface area (Å²) in [4.78, 5) is 0. The maximum Gasteiger partial charge on any atom is -0.0181 e. The van der Waals surface area contributed by atoms with Crippen LogP contribution in [0.15, 0.2) is 54.6 Å². The van der Waals surface area contributed by atoms with Crippen LogP contribution in [-0.4, -0.2) is 0 Å². The molecular weight excluding hydrogens is 348 g/mol. The van der Waals surface area contributed by atoms with E-state index in [-0.39, 0.29) is 0 Å². The zero-order chi connectivity index (χ0) is 20.1. The van der Waals surface area contributed by atoms with E-state index in [9.17, 15) is 0 Å². The molecule has 1 atom stereocenters. The Hall–Kier alpha value is -1.82. The number of rotatable bonds is 6. The molecule has 154 valence electrons. The van der Waals surface area contributed by atoms with E-state index >= 15 is 0 Å². The summed E-state index contributed by atoms with van der Waals surface area (Å²) in [5.74, 6) is 2.93. The highest BCUT2D eigenvalue weighted by molar-refractivity contribution is 5.65. The van der Waals surface area contributed by atoms with Crippen LogP contribution in [0, 0.1) is 17.8 Å². The molecule has 2 aliphatic carbocycles. The van der Waals surface area contributed by atoms with Crippen molar-refractivity contribution in [3.63, 3.8) is 0 Å². The first-order valence-corrected chi connectivity index (χ1v) is 12.1. The van der Waals surface area contributed by atoms with Crippen molar-refractivity contribution in [2.45, 2.75) is 78.1 Å². The summed E-state index contributed by atoms with van der Waals surface area (Å²) in [6.45, 7) is 4.47. The highest BCUT2D eigenvalue weighted by atomic mass is 14.3. The number of hydrogen-bond donors (Lipinski definition) is 0. The van der Waals surface area contributed by atoms with Crippen LogP contribution in [0.4, 0.5) is 0 Å². The van der Waals surface area contributed by atoms with Gasteiger partial charge in [0.25, 0.3) is 0 Å². The lowest BCUT2D eigenvalue weighted by Gasteiger charge is -2.36. The van der Waals surface area contributed by atoms with Crippen molar-refractivity contribution in [1.29, 1.82) is 0 Å². The minimum atomic E-state index is 0.933. The molecular formula is C29H38. The molecule has 4 rings (SSSR count). The summed E-state index contributed by atoms with van der Waals surface area (Å²) >= 11 is 0. The van der Waals surface area contributed by atoms with Crippen molar-refractivity contribution < 1.29 is 0 Å². The van der Waals surface area contributed by atoms with E-state index in [1.165, 1.54) is 68.1 Å². The normalized spacial score (nSPS) is 24.6. The maximum absolute atomic E-state index is 2.48. The van der Waals surface area contributed by atoms with Crippen molar-refractivity contribution in [2.24, 2.45) is 17.8 Å². The monoisotopic (exact) mass is 386 g/mol. The summed E-state index contributed by atoms with van der Waals surface area (Å²) < 4.78 is 0. The molecule has 0 spiro atoms. The van der Waals surface area contributed by atoms with Gasteiger partial charge >= 0.3 is 0 Å². The number of allylic oxidation sites excluding steroid dienone is 2. The molecule has 1 saturated carbocycles. The topological polar surface area (TPSA) is 0 Å². The summed E-state index contributed by atoms with van der Waals surface area (Å²) in [6, 6.07) is 16.5. The smallest absolute Gasteiger partial charge is 0.0181 e. The van der Waals surface area contributed by atoms with Gasteiger partial charge in [0.2, 0.25) is 0 Å². The van der Waals surface area contributed by atoms with Gasteiger partial charge < -0.3 is 0 Å². The Morgan fingerprint density at radius 2 is 1.59 bits per heavy atom. The van der Waals surface area contributed by atoms with Crippen LogP contribution < -0.4 is 0 Å². The number of aryl methyl sites for hydroxylation is 2. The average Bonchev–Trinajstić information content (AvgIpc) is 2.79. The lowest BCUT2D eigenvalue weighted by Crippen LogP contribution is -2.26. The van der Waals surface area contributed by atoms with Crippen molar-refractivity contribution in [3.8, 4) is 11.1 Å². The standard InChI is InChI=1S/C29H38/c1-3-5-6-7-23-10-14-25(15-11-23)27-17-19-28-20-26(16-18-29(28)21-27)24-12-8-22(4-2)9-13-24/h3,5,10-11,14-15,17,19,21-22,24,26H,4,6-9,12-13,16,18,20H2,1-2H3/b5-3+. The zero-order valence-corrected chi connectivity index (χ0v) is 18.5. The first-order valence-electron chi connectivity index (χ1n) is 12.1. The highest BCUT2D eigenvalue weighted by Crippen LogP contribution is 2.40. The molecule has 0 amide bonds. The molecule has 0 bridgehead atoms. The Morgan fingerprint density at radius 1 is 0.828 bits per heavy atom. The lowest BCUT2D eigenvalue weighted by atomic mass is 9.69. The molecule has 0 radical (unpaired) electrons. The molecule has 0 aromatic heterocycles. The Balaban J connectivity index is 1.40. The largest absolute Gasteiger partial charge is 0.0917 e. The molecule has 1 fully saturated rings. The van der Waals surface area contributed by atoms with Crippen LogP contribution in [0.2, 0.25) is 0 Å². The van der Waals surface area contributed by atoms with Crippen molar-refractivity contribution >= 4 is 0 Å². The zero-order valence-electron chi connectivity index (χ0n) is 18.5. The van der Waals surface area contributed by atoms with Crippen molar-refractivity contribution in [2.75, 3.05) is 0 Å². The molecule has 2 aromatic rings. The lowest BCUT2D eigenvalue weighted by molar-refractivity contribution is 0.187. The van der Waals surface area contributed by atoms with E-state index < -0.39 is 0 Å². The van der Waals surface area contributed by atoms with Crippen LogP contribution in [-0.2, 0) is 19.3 Å². The Kier molecular flexibility index (Phi) is 6.90. The molecule has 0 saturated heterocycles. The van der Waals surface area contributed by atoms with Crippen LogP contribution >= 0.6 is 0 Å². The SMILES string of the molecule is C/C=C/CCc1ccc(-c2ccc3c(c2)CCC(C2CCC(CC)CC2)C3)cc1. The molecule has 2 aromatic carbocycles. The predicted molar refractivity (Wildman–Crippen MR) is 126 cm³/mol. The third-order valence-electron chi connectivity index (χ3n) is 7.73. The minimum Gasteiger partial charge on any atom is -0.0917 e. The second kappa shape index (κ2) is 9.79. The van der Waals surface area contributed by atoms with Gasteiger partial charge in [0.1, 0.15) is 0 Å². The van der Waals surface area contributed by atoms with Gasteiger partial charge in [-0.3, -0.25) is 0 Å². The van der Waals surface area contributed by atoms with Gasteiger partial charge in [0, 0.05) is 0 Å². The predicted octanol–water partition coefficient (Wildman–Crippen LogP) is 8.18. The third-order valence-corrected chi connectivity index (χ3v) is 7.73. The van der Waals surface area contributed by atoms with Crippen LogP contribution in [0.25, 0.3) is 11.1 Å². The summed E-state index contributed by atoms with van der Waals surface area (Å²) in [6.07, 6.45) is 18.0. The molecule has 0 aliphatic heterocycles. The molecule has 0 heteroatoms. The second-order valence-electron chi connectivity index (χ2n) is 9.48. The van der Waals surface area contributed by atoms with Gasteiger partial charge in [-0.05, 0) is 97.4 Å². The van der Waals surface area contributed by atoms with Crippen LogP contribution in [0.1, 0.15) is 75.5 Å². The van der Waals surface area contributed by atoms with Gasteiger partial charge in [-0.25, -0.2) is 0 Å². The first-order chi connectivity index (χ1) is 14.3. The highest BCUT2D eigenvalue weighted by Gasteiger charge is 2.29. The van der Waals surface area contributed by atoms with E-state index in [1.54, 1.807) is 11.1 Å². The Labute approximate surface area is 178 Å². The fourth-order valence-electron chi connectivity index (χ4n) is 5.71. The number of fused-ring (bicyclic) bond motifs is 1. The summed E-state index contributed by atoms with van der Waals surface area (Å²) in [5, 5.41) is 0. The van der Waals surface area contributed by atoms with Crippen LogP contribution in [0.5, 0.6) is 0 Å². The first kappa shape index (κ1) is 20.5. The van der Waals surface area contributed by atoms with E-state index in [4.69, 9.17) is 0 Å². The van der Waals surface area contributed by atoms with E-state index in [0.29, 0.717) is 0 Å². The molecule has 0 nitrogen and oxygen atoms in total. The van der Waals surface area contributed by atoms with Gasteiger partial charge in [0.15, 0.2) is 0 Å². The Morgan fingerprint density at radius 3 is 2.31 bits per heavy atom. The third kappa shape index (κ3) is 5.03. The maximum atomic E-state index is 2.48. The Bertz CT molecular complexity index is 802. The second-order valence-corrected chi connectivity index (χ2v) is 9.48. The minimum absolute atomic E-state index is 0.933. The van der Waals surface area contributed by atoms with Crippen LogP contribution in [0.3, 0.4) is 0 Å². The molecule has 0 N–H and O–H groups in total. The van der Waals surface area contributed by atoms with E-state index in [0.717, 1.165) is 30.6 Å². The fourth-order valence-corrected chi connectivity index (χ4v) is 5.71. The average molecular weight is 387 g/mol. The number of benzene rings is 2. The van der Waals surface area contributed by atoms with Crippen molar-refractivity contribution in [3.05, 3.63) is 71.3 Å². The quantitative estimate of drug-likeness (QED) is 0.439. The van der Waals surface area contributed by atoms with Gasteiger partial charge in [0.05, 0.1) is 0 Å². The van der Waals surface area contributed by atoms with Gasteiger partial charge in [-0.15, -0.1) is 0 Å². The van der Waals surface area contributed by atoms with E-state index in [1.807, 2.05) is 0 Å². The fraction of sp³-hybridized carbons (Fsp3) is 0.517. The molecule has 2 aliphatic rings. The summed E-state index contributed by atoms with van der Waals surface area (Å²) in [5.41, 5.74) is 7.43. The number of hydrogen-bond acceptors (Lipinski definition) is 0. The molecule has 0 heterocycles. The molecule has 1 unspecified atom stereocenters. The van der Waals surface area contributed by atoms with Gasteiger partial charge in [-0.1, -0.05) is 80.8 Å². The van der Waals surface area contributed by atoms with E-state index in [2.05, 4.69) is 68.5 Å². The molecule has 29 heavy (non-hydrogen) atoms. The summed E-state index contributed by atoms with van der Waals surface area (Å²) in [7, 11) is 0.